The Morgan fingerprint density at radius 3 is 2.64 bits per heavy atom. The molecule has 0 fully saturated rings. The zero-order chi connectivity index (χ0) is 8.69. The molecule has 64 valence electrons. The summed E-state index contributed by atoms with van der Waals surface area (Å²) in [7, 11) is 1.33. The van der Waals surface area contributed by atoms with Crippen molar-refractivity contribution in [3.63, 3.8) is 0 Å². The van der Waals surface area contributed by atoms with Crippen molar-refractivity contribution in [1.82, 2.24) is 0 Å². The molecule has 0 rings (SSSR count). The van der Waals surface area contributed by atoms with E-state index in [1.165, 1.54) is 7.11 Å². The minimum absolute atomic E-state index is 0.264. The third-order valence-electron chi connectivity index (χ3n) is 1.10. The third kappa shape index (κ3) is 4.56. The maximum Gasteiger partial charge on any atom is 0.335 e. The summed E-state index contributed by atoms with van der Waals surface area (Å²) in [4.78, 5) is 10.7. The van der Waals surface area contributed by atoms with Crippen LogP contribution in [0, 0.1) is 0 Å². The number of hydrogen-bond donors (Lipinski definition) is 0. The molecule has 0 aliphatic heterocycles. The van der Waals surface area contributed by atoms with E-state index in [0.717, 1.165) is 6.42 Å². The summed E-state index contributed by atoms with van der Waals surface area (Å²) >= 11 is 0. The fraction of sp³-hybridized carbons (Fsp3) is 0.625. The van der Waals surface area contributed by atoms with Gasteiger partial charge in [0.05, 0.1) is 19.3 Å². The molecule has 0 aliphatic carbocycles. The first kappa shape index (κ1) is 10.2. The summed E-state index contributed by atoms with van der Waals surface area (Å²) in [5, 5.41) is 0. The van der Waals surface area contributed by atoms with Gasteiger partial charge in [-0.2, -0.15) is 0 Å². The highest BCUT2D eigenvalue weighted by atomic mass is 16.5. The first-order chi connectivity index (χ1) is 5.22. The van der Waals surface area contributed by atoms with Gasteiger partial charge in [-0.3, -0.25) is 0 Å². The molecule has 0 saturated carbocycles. The lowest BCUT2D eigenvalue weighted by molar-refractivity contribution is -0.136. The van der Waals surface area contributed by atoms with E-state index in [1.54, 1.807) is 0 Å². The molecule has 0 N–H and O–H groups in total. The van der Waals surface area contributed by atoms with E-state index in [1.807, 2.05) is 6.92 Å². The van der Waals surface area contributed by atoms with Gasteiger partial charge in [-0.1, -0.05) is 13.5 Å². The molecular formula is C8H14O3. The van der Waals surface area contributed by atoms with Crippen LogP contribution < -0.4 is 0 Å². The van der Waals surface area contributed by atoms with Crippen LogP contribution in [0.15, 0.2) is 12.2 Å². The average Bonchev–Trinajstić information content (AvgIpc) is 2.03. The van der Waals surface area contributed by atoms with Crippen molar-refractivity contribution >= 4 is 5.97 Å². The van der Waals surface area contributed by atoms with E-state index in [0.29, 0.717) is 12.2 Å². The van der Waals surface area contributed by atoms with Gasteiger partial charge in [0.25, 0.3) is 0 Å². The monoisotopic (exact) mass is 158 g/mol. The SMILES string of the molecule is C=C(COCCC)C(=O)OC. The molecular weight excluding hydrogens is 144 g/mol. The summed E-state index contributed by atoms with van der Waals surface area (Å²) in [6.07, 6.45) is 0.939. The normalized spacial score (nSPS) is 9.27. The van der Waals surface area contributed by atoms with E-state index in [-0.39, 0.29) is 6.61 Å². The van der Waals surface area contributed by atoms with Crippen molar-refractivity contribution in [3.8, 4) is 0 Å². The Hall–Kier alpha value is -0.830. The quantitative estimate of drug-likeness (QED) is 0.342. The van der Waals surface area contributed by atoms with Gasteiger partial charge in [0, 0.05) is 6.61 Å². The Bertz CT molecular complexity index is 140. The van der Waals surface area contributed by atoms with Crippen LogP contribution in [0.25, 0.3) is 0 Å². The second-order valence-corrected chi connectivity index (χ2v) is 2.15. The highest BCUT2D eigenvalue weighted by Crippen LogP contribution is 1.94. The van der Waals surface area contributed by atoms with Crippen LogP contribution in [0.4, 0.5) is 0 Å². The van der Waals surface area contributed by atoms with Crippen LogP contribution in [0.5, 0.6) is 0 Å². The Morgan fingerprint density at radius 2 is 2.18 bits per heavy atom. The van der Waals surface area contributed by atoms with Crippen molar-refractivity contribution < 1.29 is 14.3 Å². The molecule has 0 atom stereocenters. The number of carbonyl (C=O) groups is 1. The highest BCUT2D eigenvalue weighted by molar-refractivity contribution is 5.87. The minimum Gasteiger partial charge on any atom is -0.466 e. The van der Waals surface area contributed by atoms with Crippen molar-refractivity contribution in [3.05, 3.63) is 12.2 Å². The lowest BCUT2D eigenvalue weighted by atomic mass is 10.3. The molecule has 0 spiro atoms. The van der Waals surface area contributed by atoms with Crippen molar-refractivity contribution in [1.29, 1.82) is 0 Å². The van der Waals surface area contributed by atoms with Gasteiger partial charge in [0.15, 0.2) is 0 Å². The molecule has 0 aliphatic rings. The second kappa shape index (κ2) is 5.92. The highest BCUT2D eigenvalue weighted by Gasteiger charge is 2.04. The molecule has 0 aromatic heterocycles. The van der Waals surface area contributed by atoms with Crippen LogP contribution in [0.2, 0.25) is 0 Å². The largest absolute Gasteiger partial charge is 0.466 e. The van der Waals surface area contributed by atoms with E-state index in [4.69, 9.17) is 4.74 Å². The molecule has 0 aromatic carbocycles. The number of carbonyl (C=O) groups excluding carboxylic acids is 1. The van der Waals surface area contributed by atoms with Crippen molar-refractivity contribution in [2.75, 3.05) is 20.3 Å². The molecule has 0 saturated heterocycles. The molecule has 0 amide bonds. The summed E-state index contributed by atoms with van der Waals surface area (Å²) < 4.78 is 9.49. The Morgan fingerprint density at radius 1 is 1.55 bits per heavy atom. The standard InChI is InChI=1S/C8H14O3/c1-4-5-11-6-7(2)8(9)10-3/h2,4-6H2,1,3H3. The van der Waals surface area contributed by atoms with E-state index >= 15 is 0 Å². The van der Waals surface area contributed by atoms with Gasteiger partial charge < -0.3 is 9.47 Å². The van der Waals surface area contributed by atoms with Crippen LogP contribution >= 0.6 is 0 Å². The fourth-order valence-corrected chi connectivity index (χ4v) is 0.543. The van der Waals surface area contributed by atoms with Gasteiger partial charge in [-0.15, -0.1) is 0 Å². The van der Waals surface area contributed by atoms with E-state index < -0.39 is 5.97 Å². The van der Waals surface area contributed by atoms with Crippen LogP contribution in [0.3, 0.4) is 0 Å². The number of esters is 1. The number of methoxy groups -OCH3 is 1. The van der Waals surface area contributed by atoms with E-state index in [2.05, 4.69) is 11.3 Å². The molecule has 0 radical (unpaired) electrons. The van der Waals surface area contributed by atoms with Crippen molar-refractivity contribution in [2.24, 2.45) is 0 Å². The molecule has 0 bridgehead atoms. The number of rotatable bonds is 5. The number of hydrogen-bond acceptors (Lipinski definition) is 3. The lowest BCUT2D eigenvalue weighted by Crippen LogP contribution is -2.09. The summed E-state index contributed by atoms with van der Waals surface area (Å²) in [5.74, 6) is -0.402. The molecule has 3 nitrogen and oxygen atoms in total. The van der Waals surface area contributed by atoms with Gasteiger partial charge >= 0.3 is 5.97 Å². The average molecular weight is 158 g/mol. The van der Waals surface area contributed by atoms with Gasteiger partial charge in [0.2, 0.25) is 0 Å². The van der Waals surface area contributed by atoms with Crippen molar-refractivity contribution in [2.45, 2.75) is 13.3 Å². The molecule has 3 heteroatoms. The number of ether oxygens (including phenoxy) is 2. The molecule has 0 heterocycles. The zero-order valence-electron chi connectivity index (χ0n) is 7.05. The maximum absolute atomic E-state index is 10.7. The predicted octanol–water partition coefficient (Wildman–Crippen LogP) is 1.14. The second-order valence-electron chi connectivity index (χ2n) is 2.15. The molecule has 0 aromatic rings. The van der Waals surface area contributed by atoms with Gasteiger partial charge in [-0.05, 0) is 6.42 Å². The Labute approximate surface area is 67.0 Å². The summed E-state index contributed by atoms with van der Waals surface area (Å²) in [6, 6.07) is 0. The van der Waals surface area contributed by atoms with Crippen LogP contribution in [-0.2, 0) is 14.3 Å². The first-order valence-electron chi connectivity index (χ1n) is 3.56. The van der Waals surface area contributed by atoms with Gasteiger partial charge in [0.1, 0.15) is 0 Å². The zero-order valence-corrected chi connectivity index (χ0v) is 7.05. The Kier molecular flexibility index (Phi) is 5.47. The molecule has 0 unspecified atom stereocenters. The van der Waals surface area contributed by atoms with E-state index in [9.17, 15) is 4.79 Å². The first-order valence-corrected chi connectivity index (χ1v) is 3.56. The van der Waals surface area contributed by atoms with Crippen LogP contribution in [-0.4, -0.2) is 26.3 Å². The summed E-state index contributed by atoms with van der Waals surface area (Å²) in [5.41, 5.74) is 0.362. The summed E-state index contributed by atoms with van der Waals surface area (Å²) in [6.45, 7) is 6.41. The Balaban J connectivity index is 3.44. The molecule has 11 heavy (non-hydrogen) atoms. The maximum atomic E-state index is 10.7. The van der Waals surface area contributed by atoms with Gasteiger partial charge in [-0.25, -0.2) is 4.79 Å². The lowest BCUT2D eigenvalue weighted by Gasteiger charge is -2.03. The van der Waals surface area contributed by atoms with Crippen LogP contribution in [0.1, 0.15) is 13.3 Å². The topological polar surface area (TPSA) is 35.5 Å². The third-order valence-corrected chi connectivity index (χ3v) is 1.10. The fourth-order valence-electron chi connectivity index (χ4n) is 0.543. The minimum atomic E-state index is -0.402. The predicted molar refractivity (Wildman–Crippen MR) is 42.3 cm³/mol. The smallest absolute Gasteiger partial charge is 0.335 e.